The summed E-state index contributed by atoms with van der Waals surface area (Å²) in [4.78, 5) is 34.0. The lowest BCUT2D eigenvalue weighted by Gasteiger charge is -2.11. The maximum Gasteiger partial charge on any atom is 0.318 e. The van der Waals surface area contributed by atoms with Crippen molar-refractivity contribution >= 4 is 38.8 Å². The Morgan fingerprint density at radius 3 is 2.70 bits per heavy atom. The first kappa shape index (κ1) is 15.8. The van der Waals surface area contributed by atoms with Gasteiger partial charge in [0.1, 0.15) is 16.2 Å². The zero-order valence-corrected chi connectivity index (χ0v) is 13.5. The number of halogens is 4. The lowest BCUT2D eigenvalue weighted by Crippen LogP contribution is -2.37. The third kappa shape index (κ3) is 2.77. The zero-order chi connectivity index (χ0) is 16.7. The Morgan fingerprint density at radius 1 is 1.26 bits per heavy atom. The molecule has 2 aromatic heterocycles. The Hall–Kier alpha value is -2.13. The molecule has 23 heavy (non-hydrogen) atoms. The highest BCUT2D eigenvalue weighted by atomic mass is 79.9. The van der Waals surface area contributed by atoms with Crippen molar-refractivity contribution in [3.63, 3.8) is 0 Å². The van der Waals surface area contributed by atoms with E-state index in [1.165, 1.54) is 6.20 Å². The molecule has 0 radical (unpaired) electrons. The average Bonchev–Trinajstić information content (AvgIpc) is 2.52. The number of aromatic nitrogens is 4. The number of rotatable bonds is 2. The van der Waals surface area contributed by atoms with Crippen molar-refractivity contribution in [3.05, 3.63) is 65.9 Å². The second-order valence-corrected chi connectivity index (χ2v) is 5.72. The third-order valence-electron chi connectivity index (χ3n) is 3.11. The number of aromatic amines is 1. The Morgan fingerprint density at radius 2 is 1.96 bits per heavy atom. The van der Waals surface area contributed by atoms with Gasteiger partial charge in [0.2, 0.25) is 0 Å². The molecule has 0 aliphatic rings. The maximum absolute atomic E-state index is 13.9. The van der Waals surface area contributed by atoms with Crippen LogP contribution in [0.3, 0.4) is 0 Å². The van der Waals surface area contributed by atoms with Gasteiger partial charge in [-0.25, -0.2) is 18.7 Å². The van der Waals surface area contributed by atoms with Crippen LogP contribution in [0, 0.1) is 11.6 Å². The van der Waals surface area contributed by atoms with Crippen molar-refractivity contribution < 1.29 is 8.78 Å². The van der Waals surface area contributed by atoms with Gasteiger partial charge in [-0.2, -0.15) is 0 Å². The highest BCUT2D eigenvalue weighted by Crippen LogP contribution is 2.24. The van der Waals surface area contributed by atoms with Crippen LogP contribution < -0.4 is 11.1 Å². The van der Waals surface area contributed by atoms with Crippen LogP contribution in [-0.2, 0) is 6.54 Å². The first-order valence-electron chi connectivity index (χ1n) is 6.16. The zero-order valence-electron chi connectivity index (χ0n) is 11.1. The van der Waals surface area contributed by atoms with Crippen molar-refractivity contribution in [3.8, 4) is 0 Å². The molecular weight excluding hydrogens is 398 g/mol. The molecule has 0 saturated carbocycles. The first-order chi connectivity index (χ1) is 10.9. The summed E-state index contributed by atoms with van der Waals surface area (Å²) in [5.74, 6) is -1.64. The van der Waals surface area contributed by atoms with Gasteiger partial charge in [0, 0.05) is 5.56 Å². The number of nitrogens with zero attached hydrogens (tertiary/aromatic N) is 3. The molecule has 6 nitrogen and oxygen atoms in total. The van der Waals surface area contributed by atoms with Crippen LogP contribution in [0.1, 0.15) is 5.56 Å². The minimum absolute atomic E-state index is 0.00343. The predicted molar refractivity (Wildman–Crippen MR) is 82.6 cm³/mol. The Labute approximate surface area is 139 Å². The number of nitrogens with one attached hydrogen (secondary N) is 1. The number of H-pyrrole nitrogens is 1. The molecule has 0 unspecified atom stereocenters. The van der Waals surface area contributed by atoms with E-state index in [0.717, 1.165) is 16.7 Å². The number of benzene rings is 1. The van der Waals surface area contributed by atoms with Gasteiger partial charge in [-0.05, 0) is 28.1 Å². The highest BCUT2D eigenvalue weighted by molar-refractivity contribution is 9.10. The third-order valence-corrected chi connectivity index (χ3v) is 3.90. The summed E-state index contributed by atoms with van der Waals surface area (Å²) in [5.41, 5.74) is -2.16. The molecule has 3 aromatic rings. The fourth-order valence-electron chi connectivity index (χ4n) is 2.03. The largest absolute Gasteiger partial charge is 0.318 e. The van der Waals surface area contributed by atoms with Gasteiger partial charge < -0.3 is 0 Å². The molecular formula is C13H6BrClF2N4O2. The number of fused-ring (bicyclic) bond motifs is 1. The lowest BCUT2D eigenvalue weighted by molar-refractivity contribution is 0.576. The van der Waals surface area contributed by atoms with Gasteiger partial charge in [0.15, 0.2) is 11.3 Å². The monoisotopic (exact) mass is 402 g/mol. The van der Waals surface area contributed by atoms with Gasteiger partial charge in [-0.1, -0.05) is 11.6 Å². The van der Waals surface area contributed by atoms with Crippen molar-refractivity contribution in [2.45, 2.75) is 6.54 Å². The molecule has 1 N–H and O–H groups in total. The van der Waals surface area contributed by atoms with E-state index in [2.05, 4.69) is 30.9 Å². The summed E-state index contributed by atoms with van der Waals surface area (Å²) in [7, 11) is 0. The summed E-state index contributed by atoms with van der Waals surface area (Å²) >= 11 is 8.86. The smallest absolute Gasteiger partial charge is 0.299 e. The molecule has 3 rings (SSSR count). The molecule has 0 spiro atoms. The molecule has 118 valence electrons. The molecule has 10 heteroatoms. The van der Waals surface area contributed by atoms with E-state index in [1.54, 1.807) is 0 Å². The van der Waals surface area contributed by atoms with E-state index in [1.807, 2.05) is 0 Å². The van der Waals surface area contributed by atoms with E-state index in [-0.39, 0.29) is 16.9 Å². The fourth-order valence-corrected chi connectivity index (χ4v) is 2.52. The quantitative estimate of drug-likeness (QED) is 0.526. The topological polar surface area (TPSA) is 80.6 Å². The van der Waals surface area contributed by atoms with E-state index in [0.29, 0.717) is 4.60 Å². The summed E-state index contributed by atoms with van der Waals surface area (Å²) in [6, 6.07) is 1.76. The van der Waals surface area contributed by atoms with Crippen molar-refractivity contribution in [2.75, 3.05) is 0 Å². The van der Waals surface area contributed by atoms with E-state index >= 15 is 0 Å². The van der Waals surface area contributed by atoms with Crippen molar-refractivity contribution in [1.29, 1.82) is 0 Å². The van der Waals surface area contributed by atoms with E-state index in [4.69, 9.17) is 11.6 Å². The molecule has 0 aliphatic carbocycles. The molecule has 0 fully saturated rings. The van der Waals surface area contributed by atoms with Crippen molar-refractivity contribution in [1.82, 2.24) is 19.5 Å². The van der Waals surface area contributed by atoms with Crippen LogP contribution in [0.2, 0.25) is 5.02 Å². The second-order valence-electron chi connectivity index (χ2n) is 4.53. The van der Waals surface area contributed by atoms with Gasteiger partial charge >= 0.3 is 11.1 Å². The van der Waals surface area contributed by atoms with Gasteiger partial charge in [0.25, 0.3) is 0 Å². The molecule has 0 atom stereocenters. The van der Waals surface area contributed by atoms with Crippen LogP contribution in [0.5, 0.6) is 0 Å². The fraction of sp³-hybridized carbons (Fsp3) is 0.0769. The van der Waals surface area contributed by atoms with E-state index in [9.17, 15) is 18.4 Å². The predicted octanol–water partition coefficient (Wildman–Crippen LogP) is 2.22. The second kappa shape index (κ2) is 5.82. The summed E-state index contributed by atoms with van der Waals surface area (Å²) in [5, 5.41) is -0.465. The molecule has 1 aromatic carbocycles. The maximum atomic E-state index is 13.9. The SMILES string of the molecule is O=c1[nH]c2ncc(Br)nc2n(Cc2c(F)ccc(F)c2Cl)c1=O. The lowest BCUT2D eigenvalue weighted by atomic mass is 10.2. The Bertz CT molecular complexity index is 1050. The summed E-state index contributed by atoms with van der Waals surface area (Å²) < 4.78 is 28.6. The normalized spacial score (nSPS) is 11.1. The highest BCUT2D eigenvalue weighted by Gasteiger charge is 2.17. The van der Waals surface area contributed by atoms with Gasteiger partial charge in [0.05, 0.1) is 17.8 Å². The number of hydrogen-bond donors (Lipinski definition) is 1. The Kier molecular flexibility index (Phi) is 3.99. The summed E-state index contributed by atoms with van der Waals surface area (Å²) in [6.45, 7) is -0.465. The molecule has 0 aliphatic heterocycles. The molecule has 2 heterocycles. The summed E-state index contributed by atoms with van der Waals surface area (Å²) in [6.07, 6.45) is 1.32. The first-order valence-corrected chi connectivity index (χ1v) is 7.33. The standard InChI is InChI=1S/C13H6BrClF2N4O2/c14-8-3-18-10-11(19-8)21(13(23)12(22)20-10)4-5-6(16)1-2-7(17)9(5)15/h1-3H,4H2,(H,18,20,22). The Balaban J connectivity index is 2.31. The van der Waals surface area contributed by atoms with Crippen LogP contribution in [-0.4, -0.2) is 19.5 Å². The molecule has 0 saturated heterocycles. The van der Waals surface area contributed by atoms with E-state index < -0.39 is 34.3 Å². The number of hydrogen-bond acceptors (Lipinski definition) is 4. The minimum Gasteiger partial charge on any atom is -0.299 e. The molecule has 0 amide bonds. The molecule has 0 bridgehead atoms. The average molecular weight is 404 g/mol. The van der Waals surface area contributed by atoms with Gasteiger partial charge in [-0.15, -0.1) is 0 Å². The van der Waals surface area contributed by atoms with Gasteiger partial charge in [-0.3, -0.25) is 19.1 Å². The van der Waals surface area contributed by atoms with Crippen LogP contribution in [0.4, 0.5) is 8.78 Å². The minimum atomic E-state index is -0.982. The van der Waals surface area contributed by atoms with Crippen LogP contribution in [0.25, 0.3) is 11.3 Å². The van der Waals surface area contributed by atoms with Crippen molar-refractivity contribution in [2.24, 2.45) is 0 Å². The van der Waals surface area contributed by atoms with Crippen LogP contribution >= 0.6 is 27.5 Å². The van der Waals surface area contributed by atoms with Crippen LogP contribution in [0.15, 0.2) is 32.5 Å².